The first-order valence-corrected chi connectivity index (χ1v) is 14.0. The lowest BCUT2D eigenvalue weighted by molar-refractivity contribution is -0.750. The normalized spacial score (nSPS) is 25.2. The molecule has 2 fully saturated rings. The predicted octanol–water partition coefficient (Wildman–Crippen LogP) is 5.10. The molecule has 3 atom stereocenters. The molecular formula is C30H31F3N7O2+. The number of benzene rings is 1. The molecule has 0 saturated carbocycles. The largest absolute Gasteiger partial charge is 0.416 e. The standard InChI is InChI=1S/C30H30F3N7O2/c1-17(2)23-13-21(30(31,32)33)14-25(36-23)37-29(42)19-5-3-18(4-6-19)28-38-27(24-15-35-11-12-40(24,28)34)20-7-8-22-9-10-26(41)39(22)16-20/h3-6,11-15,17,20,22H,7-10,16,34H2,1-2H3/p+1/t20-,22+,40?/m1/s1. The van der Waals surface area contributed by atoms with Gasteiger partial charge in [0.2, 0.25) is 11.6 Å². The summed E-state index contributed by atoms with van der Waals surface area (Å²) < 4.78 is 40.1. The Kier molecular flexibility index (Phi) is 6.85. The number of anilines is 1. The maximum absolute atomic E-state index is 13.4. The number of quaternary nitrogens is 1. The molecule has 6 rings (SSSR count). The number of halogens is 3. The second kappa shape index (κ2) is 10.3. The molecule has 0 radical (unpaired) electrons. The molecule has 4 aliphatic rings. The van der Waals surface area contributed by atoms with E-state index in [0.717, 1.165) is 42.8 Å². The van der Waals surface area contributed by atoms with Gasteiger partial charge in [-0.1, -0.05) is 13.8 Å². The second-order valence-corrected chi connectivity index (χ2v) is 11.4. The van der Waals surface area contributed by atoms with Crippen LogP contribution in [-0.4, -0.2) is 50.9 Å². The number of piperidine rings is 1. The monoisotopic (exact) mass is 578 g/mol. The van der Waals surface area contributed by atoms with Crippen molar-refractivity contribution in [2.45, 2.75) is 57.7 Å². The van der Waals surface area contributed by atoms with E-state index in [9.17, 15) is 22.8 Å². The van der Waals surface area contributed by atoms with Crippen LogP contribution >= 0.6 is 0 Å². The lowest BCUT2D eigenvalue weighted by Crippen LogP contribution is -2.53. The van der Waals surface area contributed by atoms with Crippen molar-refractivity contribution >= 4 is 29.7 Å². The Morgan fingerprint density at radius 3 is 2.62 bits per heavy atom. The van der Waals surface area contributed by atoms with Crippen LogP contribution in [0.5, 0.6) is 0 Å². The number of rotatable bonds is 5. The number of amides is 2. The smallest absolute Gasteiger partial charge is 0.339 e. The number of nitrogens with one attached hydrogen (secondary N) is 1. The van der Waals surface area contributed by atoms with E-state index in [0.29, 0.717) is 30.4 Å². The molecule has 3 N–H and O–H groups in total. The van der Waals surface area contributed by atoms with E-state index in [1.54, 1.807) is 56.7 Å². The third-order valence-electron chi connectivity index (χ3n) is 8.34. The van der Waals surface area contributed by atoms with E-state index >= 15 is 0 Å². The molecule has 5 heterocycles. The number of allylic oxidation sites excluding steroid dienone is 1. The molecule has 218 valence electrons. The highest BCUT2D eigenvalue weighted by atomic mass is 19.4. The van der Waals surface area contributed by atoms with Gasteiger partial charge in [-0.05, 0) is 61.6 Å². The maximum Gasteiger partial charge on any atom is 0.416 e. The third-order valence-corrected chi connectivity index (χ3v) is 8.34. The minimum absolute atomic E-state index is 0.0237. The maximum atomic E-state index is 13.4. The predicted molar refractivity (Wildman–Crippen MR) is 151 cm³/mol. The van der Waals surface area contributed by atoms with Gasteiger partial charge in [0.1, 0.15) is 17.7 Å². The fourth-order valence-electron chi connectivity index (χ4n) is 6.03. The van der Waals surface area contributed by atoms with Crippen LogP contribution in [0.3, 0.4) is 0 Å². The van der Waals surface area contributed by atoms with E-state index < -0.39 is 17.6 Å². The topological polar surface area (TPSA) is 113 Å². The molecule has 1 aromatic heterocycles. The molecule has 1 unspecified atom stereocenters. The van der Waals surface area contributed by atoms with Crippen molar-refractivity contribution in [1.82, 2.24) is 9.88 Å². The highest BCUT2D eigenvalue weighted by molar-refractivity contribution is 6.05. The van der Waals surface area contributed by atoms with Gasteiger partial charge < -0.3 is 10.2 Å². The molecule has 12 heteroatoms. The lowest BCUT2D eigenvalue weighted by atomic mass is 9.90. The van der Waals surface area contributed by atoms with Gasteiger partial charge in [-0.3, -0.25) is 14.6 Å². The average molecular weight is 579 g/mol. The molecule has 42 heavy (non-hydrogen) atoms. The molecule has 0 bridgehead atoms. The van der Waals surface area contributed by atoms with E-state index in [4.69, 9.17) is 10.8 Å². The minimum Gasteiger partial charge on any atom is -0.339 e. The van der Waals surface area contributed by atoms with Crippen molar-refractivity contribution in [3.63, 3.8) is 0 Å². The van der Waals surface area contributed by atoms with Gasteiger partial charge in [0.05, 0.1) is 23.5 Å². The molecule has 2 saturated heterocycles. The van der Waals surface area contributed by atoms with Gasteiger partial charge in [-0.2, -0.15) is 24.0 Å². The van der Waals surface area contributed by atoms with Crippen molar-refractivity contribution in [2.24, 2.45) is 21.7 Å². The minimum atomic E-state index is -4.57. The number of amidine groups is 1. The fraction of sp³-hybridized carbons (Fsp3) is 0.367. The number of nitrogens with two attached hydrogens (primary N) is 1. The van der Waals surface area contributed by atoms with Crippen LogP contribution in [0.1, 0.15) is 72.6 Å². The first-order chi connectivity index (χ1) is 19.9. The van der Waals surface area contributed by atoms with Gasteiger partial charge in [-0.15, -0.1) is 4.59 Å². The zero-order valence-electron chi connectivity index (χ0n) is 23.2. The van der Waals surface area contributed by atoms with Crippen LogP contribution in [0.4, 0.5) is 19.0 Å². The number of alkyl halides is 3. The Hall–Kier alpha value is -4.16. The summed E-state index contributed by atoms with van der Waals surface area (Å²) in [6, 6.07) is 8.68. The Morgan fingerprint density at radius 2 is 1.90 bits per heavy atom. The number of aromatic nitrogens is 1. The Balaban J connectivity index is 1.25. The fourth-order valence-corrected chi connectivity index (χ4v) is 6.03. The molecule has 0 spiro atoms. The Bertz CT molecular complexity index is 1580. The van der Waals surface area contributed by atoms with Crippen LogP contribution in [-0.2, 0) is 11.0 Å². The summed E-state index contributed by atoms with van der Waals surface area (Å²) in [7, 11) is 0. The molecule has 1 aromatic carbocycles. The van der Waals surface area contributed by atoms with Crippen LogP contribution in [0.2, 0.25) is 0 Å². The number of aliphatic imine (C=N–C) groups is 2. The number of nitrogens with zero attached hydrogens (tertiary/aromatic N) is 5. The highest BCUT2D eigenvalue weighted by Crippen LogP contribution is 2.40. The summed E-state index contributed by atoms with van der Waals surface area (Å²) in [5, 5.41) is 2.50. The Morgan fingerprint density at radius 1 is 1.14 bits per heavy atom. The first kappa shape index (κ1) is 28.0. The summed E-state index contributed by atoms with van der Waals surface area (Å²) in [6.45, 7) is 4.06. The first-order valence-electron chi connectivity index (χ1n) is 14.0. The van der Waals surface area contributed by atoms with Crippen molar-refractivity contribution in [2.75, 3.05) is 11.9 Å². The van der Waals surface area contributed by atoms with Gasteiger partial charge in [0.25, 0.3) is 11.7 Å². The van der Waals surface area contributed by atoms with E-state index in [1.807, 2.05) is 4.90 Å². The summed E-state index contributed by atoms with van der Waals surface area (Å²) >= 11 is 0. The SMILES string of the molecule is CC(C)c1cc(C(F)(F)F)cc(NC(=O)c2ccc(C3=NC([C@@H]4CC[C@H]5CCC(=O)N5C4)=C4C=NC=C[N+]34N)cc2)n1. The average Bonchev–Trinajstić information content (AvgIpc) is 3.49. The lowest BCUT2D eigenvalue weighted by Gasteiger charge is -2.35. The summed E-state index contributed by atoms with van der Waals surface area (Å²) in [5.74, 6) is 6.60. The second-order valence-electron chi connectivity index (χ2n) is 11.4. The van der Waals surface area contributed by atoms with E-state index in [2.05, 4.69) is 15.3 Å². The number of hydrogen-bond donors (Lipinski definition) is 2. The van der Waals surface area contributed by atoms with Crippen LogP contribution in [0.15, 0.2) is 70.2 Å². The summed E-state index contributed by atoms with van der Waals surface area (Å²) in [4.78, 5) is 40.9. The number of carbonyl (C=O) groups excluding carboxylic acids is 2. The highest BCUT2D eigenvalue weighted by Gasteiger charge is 2.48. The van der Waals surface area contributed by atoms with Gasteiger partial charge >= 0.3 is 6.18 Å². The molecular weight excluding hydrogens is 547 g/mol. The van der Waals surface area contributed by atoms with Crippen molar-refractivity contribution < 1.29 is 27.4 Å². The van der Waals surface area contributed by atoms with Gasteiger partial charge in [-0.25, -0.2) is 4.98 Å². The van der Waals surface area contributed by atoms with Gasteiger partial charge in [0, 0.05) is 36.2 Å². The summed E-state index contributed by atoms with van der Waals surface area (Å²) in [6.07, 6.45) is 3.77. The van der Waals surface area contributed by atoms with Crippen LogP contribution < -0.4 is 11.2 Å². The van der Waals surface area contributed by atoms with Gasteiger partial charge in [0.15, 0.2) is 0 Å². The number of fused-ring (bicyclic) bond motifs is 2. The zero-order chi connectivity index (χ0) is 29.8. The van der Waals surface area contributed by atoms with E-state index in [-0.39, 0.29) is 39.4 Å². The number of hydrogen-bond acceptors (Lipinski definition) is 6. The molecule has 9 nitrogen and oxygen atoms in total. The Labute approximate surface area is 240 Å². The summed E-state index contributed by atoms with van der Waals surface area (Å²) in [5.41, 5.74) is 1.81. The van der Waals surface area contributed by atoms with Crippen molar-refractivity contribution in [3.05, 3.63) is 82.6 Å². The third kappa shape index (κ3) is 4.94. The molecule has 2 aromatic rings. The van der Waals surface area contributed by atoms with E-state index in [1.165, 1.54) is 0 Å². The van der Waals surface area contributed by atoms with Crippen LogP contribution in [0, 0.1) is 5.92 Å². The molecule has 0 aliphatic carbocycles. The molecule has 2 amide bonds. The zero-order valence-corrected chi connectivity index (χ0v) is 23.2. The quantitative estimate of drug-likeness (QED) is 0.380. The van der Waals surface area contributed by atoms with Crippen LogP contribution in [0.25, 0.3) is 0 Å². The molecule has 4 aliphatic heterocycles. The van der Waals surface area contributed by atoms with Crippen molar-refractivity contribution in [3.8, 4) is 0 Å². The number of pyridine rings is 1. The number of carbonyl (C=O) groups is 2. The van der Waals surface area contributed by atoms with Crippen molar-refractivity contribution in [1.29, 1.82) is 0 Å².